The summed E-state index contributed by atoms with van der Waals surface area (Å²) in [6.45, 7) is 2.45. The molecule has 1 saturated carbocycles. The second-order valence-corrected chi connectivity index (χ2v) is 7.72. The molecule has 3 rings (SSSR count). The number of piperidine rings is 1. The van der Waals surface area contributed by atoms with Gasteiger partial charge in [-0.2, -0.15) is 0 Å². The lowest BCUT2D eigenvalue weighted by molar-refractivity contribution is -0.128. The van der Waals surface area contributed by atoms with E-state index in [0.717, 1.165) is 25.9 Å². The third-order valence-corrected chi connectivity index (χ3v) is 5.36. The van der Waals surface area contributed by atoms with Crippen LogP contribution in [0.5, 0.6) is 0 Å². The van der Waals surface area contributed by atoms with Gasteiger partial charge in [0.15, 0.2) is 0 Å². The van der Waals surface area contributed by atoms with E-state index < -0.39 is 0 Å². The van der Waals surface area contributed by atoms with Gasteiger partial charge in [-0.25, -0.2) is 0 Å². The number of rotatable bonds is 6. The zero-order valence-corrected chi connectivity index (χ0v) is 15.6. The highest BCUT2D eigenvalue weighted by atomic mass is 35.5. The fourth-order valence-corrected chi connectivity index (χ4v) is 3.62. The van der Waals surface area contributed by atoms with Crippen molar-refractivity contribution in [2.75, 3.05) is 31.5 Å². The van der Waals surface area contributed by atoms with E-state index in [4.69, 9.17) is 23.2 Å². The zero-order valence-electron chi connectivity index (χ0n) is 14.1. The summed E-state index contributed by atoms with van der Waals surface area (Å²) >= 11 is 12.2. The number of benzene rings is 1. The van der Waals surface area contributed by atoms with E-state index in [-0.39, 0.29) is 24.3 Å². The number of carbonyl (C=O) groups is 2. The molecule has 1 heterocycles. The number of hydrogen-bond donors (Lipinski definition) is 2. The Morgan fingerprint density at radius 2 is 1.88 bits per heavy atom. The Morgan fingerprint density at radius 3 is 2.56 bits per heavy atom. The van der Waals surface area contributed by atoms with Crippen LogP contribution in [0.2, 0.25) is 10.0 Å². The predicted molar refractivity (Wildman–Crippen MR) is 100.0 cm³/mol. The summed E-state index contributed by atoms with van der Waals surface area (Å²) in [6.07, 6.45) is 4.25. The van der Waals surface area contributed by atoms with Crippen molar-refractivity contribution < 1.29 is 9.59 Å². The van der Waals surface area contributed by atoms with Crippen LogP contribution >= 0.6 is 23.2 Å². The van der Waals surface area contributed by atoms with Gasteiger partial charge in [0.1, 0.15) is 0 Å². The van der Waals surface area contributed by atoms with Gasteiger partial charge in [-0.05, 0) is 50.3 Å². The maximum absolute atomic E-state index is 12.3. The Balaban J connectivity index is 1.49. The number of amides is 2. The van der Waals surface area contributed by atoms with Gasteiger partial charge < -0.3 is 10.6 Å². The van der Waals surface area contributed by atoms with E-state index in [9.17, 15) is 9.59 Å². The van der Waals surface area contributed by atoms with E-state index in [1.54, 1.807) is 18.2 Å². The standard InChI is InChI=1S/C18H23Cl2N3O2/c19-14-4-1-5-15(20)17(14)22-16(24)11-23-8-2-3-13(10-23)18(25)21-9-12-6-7-12/h1,4-5,12-13H,2-3,6-11H2,(H,21,25)(H,22,24). The minimum atomic E-state index is -0.172. The van der Waals surface area contributed by atoms with Gasteiger partial charge in [0.05, 0.1) is 28.2 Å². The Labute approximate surface area is 158 Å². The topological polar surface area (TPSA) is 61.4 Å². The van der Waals surface area contributed by atoms with Gasteiger partial charge >= 0.3 is 0 Å². The van der Waals surface area contributed by atoms with E-state index >= 15 is 0 Å². The number of anilines is 1. The third-order valence-electron chi connectivity index (χ3n) is 4.73. The Kier molecular flexibility index (Phi) is 6.20. The van der Waals surface area contributed by atoms with Crippen LogP contribution in [-0.2, 0) is 9.59 Å². The van der Waals surface area contributed by atoms with Crippen molar-refractivity contribution in [1.82, 2.24) is 10.2 Å². The first kappa shape index (κ1) is 18.5. The molecule has 1 atom stereocenters. The van der Waals surface area contributed by atoms with E-state index in [1.165, 1.54) is 12.8 Å². The van der Waals surface area contributed by atoms with Crippen LogP contribution in [0.15, 0.2) is 18.2 Å². The molecule has 2 N–H and O–H groups in total. The normalized spacial score (nSPS) is 21.0. The van der Waals surface area contributed by atoms with Gasteiger partial charge in [0, 0.05) is 13.1 Å². The summed E-state index contributed by atoms with van der Waals surface area (Å²) < 4.78 is 0. The molecule has 0 aromatic heterocycles. The fraction of sp³-hybridized carbons (Fsp3) is 0.556. The molecule has 1 aromatic carbocycles. The minimum absolute atomic E-state index is 0.0378. The molecule has 0 spiro atoms. The minimum Gasteiger partial charge on any atom is -0.356 e. The Hall–Kier alpha value is -1.30. The molecule has 7 heteroatoms. The second kappa shape index (κ2) is 8.39. The monoisotopic (exact) mass is 383 g/mol. The van der Waals surface area contributed by atoms with Crippen LogP contribution in [0.1, 0.15) is 25.7 Å². The smallest absolute Gasteiger partial charge is 0.238 e. The lowest BCUT2D eigenvalue weighted by atomic mass is 9.97. The van der Waals surface area contributed by atoms with E-state index in [1.807, 2.05) is 4.90 Å². The average Bonchev–Trinajstić information content (AvgIpc) is 3.41. The average molecular weight is 384 g/mol. The van der Waals surface area contributed by atoms with Gasteiger partial charge in [0.2, 0.25) is 11.8 Å². The number of nitrogens with zero attached hydrogens (tertiary/aromatic N) is 1. The first-order valence-electron chi connectivity index (χ1n) is 8.77. The Morgan fingerprint density at radius 1 is 1.16 bits per heavy atom. The first-order valence-corrected chi connectivity index (χ1v) is 9.52. The molecule has 1 saturated heterocycles. The molecule has 0 radical (unpaired) electrons. The fourth-order valence-electron chi connectivity index (χ4n) is 3.12. The number of halogens is 2. The van der Waals surface area contributed by atoms with Crippen molar-refractivity contribution in [2.24, 2.45) is 11.8 Å². The first-order chi connectivity index (χ1) is 12.0. The predicted octanol–water partition coefficient (Wildman–Crippen LogP) is 3.17. The second-order valence-electron chi connectivity index (χ2n) is 6.91. The molecular formula is C18H23Cl2N3O2. The molecule has 1 aliphatic heterocycles. The molecule has 5 nitrogen and oxygen atoms in total. The molecule has 1 unspecified atom stereocenters. The van der Waals surface area contributed by atoms with Crippen LogP contribution in [-0.4, -0.2) is 42.9 Å². The van der Waals surface area contributed by atoms with E-state index in [2.05, 4.69) is 10.6 Å². The molecular weight excluding hydrogens is 361 g/mol. The summed E-state index contributed by atoms with van der Waals surface area (Å²) in [6, 6.07) is 5.10. The maximum Gasteiger partial charge on any atom is 0.238 e. The molecule has 0 bridgehead atoms. The maximum atomic E-state index is 12.3. The highest BCUT2D eigenvalue weighted by Gasteiger charge is 2.28. The Bertz CT molecular complexity index is 629. The van der Waals surface area contributed by atoms with Crippen LogP contribution < -0.4 is 10.6 Å². The lowest BCUT2D eigenvalue weighted by Crippen LogP contribution is -2.45. The number of para-hydroxylation sites is 1. The molecule has 25 heavy (non-hydrogen) atoms. The zero-order chi connectivity index (χ0) is 17.8. The van der Waals surface area contributed by atoms with Crippen molar-refractivity contribution >= 4 is 40.7 Å². The highest BCUT2D eigenvalue weighted by Crippen LogP contribution is 2.30. The highest BCUT2D eigenvalue weighted by molar-refractivity contribution is 6.39. The summed E-state index contributed by atoms with van der Waals surface area (Å²) in [4.78, 5) is 26.6. The lowest BCUT2D eigenvalue weighted by Gasteiger charge is -2.31. The largest absolute Gasteiger partial charge is 0.356 e. The van der Waals surface area contributed by atoms with Gasteiger partial charge in [-0.3, -0.25) is 14.5 Å². The SMILES string of the molecule is O=C(CN1CCCC(C(=O)NCC2CC2)C1)Nc1c(Cl)cccc1Cl. The van der Waals surface area contributed by atoms with Gasteiger partial charge in [0.25, 0.3) is 0 Å². The quantitative estimate of drug-likeness (QED) is 0.792. The number of likely N-dealkylation sites (tertiary alicyclic amines) is 1. The van der Waals surface area contributed by atoms with E-state index in [0.29, 0.717) is 28.2 Å². The van der Waals surface area contributed by atoms with Crippen molar-refractivity contribution in [3.63, 3.8) is 0 Å². The van der Waals surface area contributed by atoms with Crippen molar-refractivity contribution in [1.29, 1.82) is 0 Å². The molecule has 136 valence electrons. The third kappa shape index (κ3) is 5.33. The van der Waals surface area contributed by atoms with Gasteiger partial charge in [-0.1, -0.05) is 29.3 Å². The molecule has 2 aliphatic rings. The van der Waals surface area contributed by atoms with Gasteiger partial charge in [-0.15, -0.1) is 0 Å². The summed E-state index contributed by atoms with van der Waals surface area (Å²) in [7, 11) is 0. The molecule has 1 aliphatic carbocycles. The number of hydrogen-bond acceptors (Lipinski definition) is 3. The number of nitrogens with one attached hydrogen (secondary N) is 2. The molecule has 1 aromatic rings. The van der Waals surface area contributed by atoms with Crippen molar-refractivity contribution in [3.05, 3.63) is 28.2 Å². The summed E-state index contributed by atoms with van der Waals surface area (Å²) in [5.41, 5.74) is 0.437. The molecule has 2 amide bonds. The van der Waals surface area contributed by atoms with Crippen LogP contribution in [0.3, 0.4) is 0 Å². The van der Waals surface area contributed by atoms with Crippen molar-refractivity contribution in [2.45, 2.75) is 25.7 Å². The van der Waals surface area contributed by atoms with Crippen LogP contribution in [0.25, 0.3) is 0 Å². The van der Waals surface area contributed by atoms with Crippen LogP contribution in [0, 0.1) is 11.8 Å². The van der Waals surface area contributed by atoms with Crippen molar-refractivity contribution in [3.8, 4) is 0 Å². The molecule has 2 fully saturated rings. The summed E-state index contributed by atoms with van der Waals surface area (Å²) in [5, 5.41) is 6.64. The summed E-state index contributed by atoms with van der Waals surface area (Å²) in [5.74, 6) is 0.583. The van der Waals surface area contributed by atoms with Crippen LogP contribution in [0.4, 0.5) is 5.69 Å². The number of carbonyl (C=O) groups excluding carboxylic acids is 2.